The number of methoxy groups -OCH3 is 1. The van der Waals surface area contributed by atoms with Gasteiger partial charge in [-0.05, 0) is 17.2 Å². The molecule has 4 heteroatoms. The van der Waals surface area contributed by atoms with Crippen molar-refractivity contribution in [3.63, 3.8) is 0 Å². The van der Waals surface area contributed by atoms with Crippen molar-refractivity contribution in [2.75, 3.05) is 13.7 Å². The number of rotatable bonds is 5. The van der Waals surface area contributed by atoms with Gasteiger partial charge in [0.2, 0.25) is 0 Å². The Kier molecular flexibility index (Phi) is 4.74. The molecule has 0 saturated carbocycles. The second-order valence-electron chi connectivity index (χ2n) is 4.52. The van der Waals surface area contributed by atoms with Crippen LogP contribution in [0.15, 0.2) is 48.5 Å². The zero-order chi connectivity index (χ0) is 14.5. The van der Waals surface area contributed by atoms with Gasteiger partial charge in [-0.1, -0.05) is 42.5 Å². The molecule has 106 valence electrons. The van der Waals surface area contributed by atoms with E-state index in [-0.39, 0.29) is 0 Å². The molecular weight excluding hydrogens is 256 g/mol. The van der Waals surface area contributed by atoms with E-state index < -0.39 is 18.8 Å². The van der Waals surface area contributed by atoms with Gasteiger partial charge in [-0.25, -0.2) is 0 Å². The normalized spacial score (nSPS) is 13.8. The summed E-state index contributed by atoms with van der Waals surface area (Å²) >= 11 is 0. The second kappa shape index (κ2) is 6.52. The fourth-order valence-corrected chi connectivity index (χ4v) is 2.06. The van der Waals surface area contributed by atoms with E-state index in [0.29, 0.717) is 5.56 Å². The quantitative estimate of drug-likeness (QED) is 0.777. The van der Waals surface area contributed by atoms with Crippen molar-refractivity contribution in [2.45, 2.75) is 12.2 Å². The highest BCUT2D eigenvalue weighted by molar-refractivity contribution is 5.70. The molecule has 2 unspecified atom stereocenters. The van der Waals surface area contributed by atoms with Gasteiger partial charge < -0.3 is 20.1 Å². The molecule has 0 amide bonds. The maximum absolute atomic E-state index is 9.82. The molecule has 3 N–H and O–H groups in total. The van der Waals surface area contributed by atoms with E-state index in [1.165, 1.54) is 0 Å². The van der Waals surface area contributed by atoms with Gasteiger partial charge in [-0.2, -0.15) is 0 Å². The van der Waals surface area contributed by atoms with Gasteiger partial charge in [-0.3, -0.25) is 0 Å². The van der Waals surface area contributed by atoms with E-state index in [2.05, 4.69) is 0 Å². The van der Waals surface area contributed by atoms with Crippen LogP contribution in [0.2, 0.25) is 0 Å². The summed E-state index contributed by atoms with van der Waals surface area (Å²) in [5.74, 6) is 0.774. The first-order valence-corrected chi connectivity index (χ1v) is 6.37. The molecule has 2 atom stereocenters. The highest BCUT2D eigenvalue weighted by atomic mass is 16.5. The predicted molar refractivity (Wildman–Crippen MR) is 76.5 cm³/mol. The SMILES string of the molecule is COc1ccccc1-c1ccc(C(O)C(O)CO)cc1. The molecule has 0 aliphatic heterocycles. The van der Waals surface area contributed by atoms with Crippen LogP contribution in [0.4, 0.5) is 0 Å². The first-order chi connectivity index (χ1) is 9.67. The van der Waals surface area contributed by atoms with Gasteiger partial charge in [0.05, 0.1) is 13.7 Å². The van der Waals surface area contributed by atoms with Crippen LogP contribution in [0.3, 0.4) is 0 Å². The number of benzene rings is 2. The molecule has 2 aromatic rings. The summed E-state index contributed by atoms with van der Waals surface area (Å²) in [7, 11) is 1.62. The topological polar surface area (TPSA) is 69.9 Å². The second-order valence-corrected chi connectivity index (χ2v) is 4.52. The largest absolute Gasteiger partial charge is 0.496 e. The van der Waals surface area contributed by atoms with Crippen molar-refractivity contribution in [2.24, 2.45) is 0 Å². The molecule has 0 heterocycles. The fraction of sp³-hybridized carbons (Fsp3) is 0.250. The molecule has 2 rings (SSSR count). The molecule has 0 spiro atoms. The summed E-state index contributed by atoms with van der Waals surface area (Å²) in [4.78, 5) is 0. The van der Waals surface area contributed by atoms with Crippen LogP contribution in [0.5, 0.6) is 5.75 Å². The molecule has 2 aromatic carbocycles. The number of hydrogen-bond donors (Lipinski definition) is 3. The summed E-state index contributed by atoms with van der Waals surface area (Å²) in [6.07, 6.45) is -2.26. The Labute approximate surface area is 117 Å². The molecule has 0 aromatic heterocycles. The third-order valence-corrected chi connectivity index (χ3v) is 3.22. The number of aliphatic hydroxyl groups excluding tert-OH is 3. The van der Waals surface area contributed by atoms with Gasteiger partial charge >= 0.3 is 0 Å². The van der Waals surface area contributed by atoms with Crippen LogP contribution in [0, 0.1) is 0 Å². The Morgan fingerprint density at radius 2 is 1.65 bits per heavy atom. The average Bonchev–Trinajstić information content (AvgIpc) is 2.53. The zero-order valence-electron chi connectivity index (χ0n) is 11.2. The minimum atomic E-state index is -1.17. The highest BCUT2D eigenvalue weighted by Crippen LogP contribution is 2.30. The van der Waals surface area contributed by atoms with Gasteiger partial charge in [0.15, 0.2) is 0 Å². The van der Waals surface area contributed by atoms with E-state index in [9.17, 15) is 10.2 Å². The van der Waals surface area contributed by atoms with Crippen molar-refractivity contribution in [3.05, 3.63) is 54.1 Å². The maximum atomic E-state index is 9.82. The van der Waals surface area contributed by atoms with Crippen LogP contribution >= 0.6 is 0 Å². The molecule has 20 heavy (non-hydrogen) atoms. The molecule has 4 nitrogen and oxygen atoms in total. The Balaban J connectivity index is 2.28. The highest BCUT2D eigenvalue weighted by Gasteiger charge is 2.17. The molecule has 0 bridgehead atoms. The van der Waals surface area contributed by atoms with E-state index in [4.69, 9.17) is 9.84 Å². The Morgan fingerprint density at radius 1 is 1.00 bits per heavy atom. The Morgan fingerprint density at radius 3 is 2.25 bits per heavy atom. The average molecular weight is 274 g/mol. The monoisotopic (exact) mass is 274 g/mol. The van der Waals surface area contributed by atoms with Gasteiger partial charge in [-0.15, -0.1) is 0 Å². The van der Waals surface area contributed by atoms with Gasteiger partial charge in [0.25, 0.3) is 0 Å². The van der Waals surface area contributed by atoms with Crippen LogP contribution < -0.4 is 4.74 Å². The molecule has 0 fully saturated rings. The molecule has 0 saturated heterocycles. The zero-order valence-corrected chi connectivity index (χ0v) is 11.2. The standard InChI is InChI=1S/C16H18O4/c1-20-15-5-3-2-4-13(15)11-6-8-12(9-7-11)16(19)14(18)10-17/h2-9,14,16-19H,10H2,1H3. The summed E-state index contributed by atoms with van der Waals surface area (Å²) in [6.45, 7) is -0.477. The maximum Gasteiger partial charge on any atom is 0.126 e. The first-order valence-electron chi connectivity index (χ1n) is 6.37. The van der Waals surface area contributed by atoms with Crippen molar-refractivity contribution in [1.29, 1.82) is 0 Å². The predicted octanol–water partition coefficient (Wildman–Crippen LogP) is 1.75. The van der Waals surface area contributed by atoms with Crippen LogP contribution in [-0.2, 0) is 0 Å². The van der Waals surface area contributed by atoms with E-state index in [0.717, 1.165) is 16.9 Å². The lowest BCUT2D eigenvalue weighted by Crippen LogP contribution is -2.21. The summed E-state index contributed by atoms with van der Waals surface area (Å²) in [5.41, 5.74) is 2.47. The molecule has 0 aliphatic carbocycles. The summed E-state index contributed by atoms with van der Waals surface area (Å²) in [5, 5.41) is 28.1. The van der Waals surface area contributed by atoms with Crippen molar-refractivity contribution >= 4 is 0 Å². The number of ether oxygens (including phenoxy) is 1. The minimum Gasteiger partial charge on any atom is -0.496 e. The molecule has 0 aliphatic rings. The lowest BCUT2D eigenvalue weighted by atomic mass is 9.99. The van der Waals surface area contributed by atoms with Crippen LogP contribution in [0.1, 0.15) is 11.7 Å². The van der Waals surface area contributed by atoms with E-state index in [1.807, 2.05) is 36.4 Å². The van der Waals surface area contributed by atoms with Crippen LogP contribution in [0.25, 0.3) is 11.1 Å². The van der Waals surface area contributed by atoms with E-state index >= 15 is 0 Å². The summed E-state index contributed by atoms with van der Waals surface area (Å²) in [6, 6.07) is 14.8. The lowest BCUT2D eigenvalue weighted by Gasteiger charge is -2.16. The summed E-state index contributed by atoms with van der Waals surface area (Å²) < 4.78 is 5.31. The third kappa shape index (κ3) is 2.99. The number of hydrogen-bond acceptors (Lipinski definition) is 4. The van der Waals surface area contributed by atoms with Crippen molar-refractivity contribution in [1.82, 2.24) is 0 Å². The first kappa shape index (κ1) is 14.5. The van der Waals surface area contributed by atoms with Crippen LogP contribution in [-0.4, -0.2) is 35.1 Å². The van der Waals surface area contributed by atoms with Gasteiger partial charge in [0.1, 0.15) is 18.0 Å². The Hall–Kier alpha value is -1.88. The van der Waals surface area contributed by atoms with Crippen molar-refractivity contribution in [3.8, 4) is 16.9 Å². The fourth-order valence-electron chi connectivity index (χ4n) is 2.06. The number of para-hydroxylation sites is 1. The minimum absolute atomic E-state index is 0.477. The number of aliphatic hydroxyl groups is 3. The smallest absolute Gasteiger partial charge is 0.126 e. The van der Waals surface area contributed by atoms with Gasteiger partial charge in [0, 0.05) is 5.56 Å². The van der Waals surface area contributed by atoms with Crippen molar-refractivity contribution < 1.29 is 20.1 Å². The Bertz CT molecular complexity index is 551. The lowest BCUT2D eigenvalue weighted by molar-refractivity contribution is -0.0152. The molecule has 0 radical (unpaired) electrons. The third-order valence-electron chi connectivity index (χ3n) is 3.22. The van der Waals surface area contributed by atoms with E-state index in [1.54, 1.807) is 19.2 Å². The molecular formula is C16H18O4.